The highest BCUT2D eigenvalue weighted by Gasteiger charge is 2.19. The minimum atomic E-state index is -0.414. The molecule has 0 fully saturated rings. The van der Waals surface area contributed by atoms with E-state index in [4.69, 9.17) is 0 Å². The Morgan fingerprint density at radius 1 is 1.42 bits per heavy atom. The number of nitrogens with one attached hydrogen (secondary N) is 3. The highest BCUT2D eigenvalue weighted by atomic mass is 79.9. The van der Waals surface area contributed by atoms with Crippen molar-refractivity contribution in [3.8, 4) is 0 Å². The molecule has 0 aliphatic heterocycles. The molecule has 0 spiro atoms. The zero-order chi connectivity index (χ0) is 14.0. The molecule has 0 saturated heterocycles. The van der Waals surface area contributed by atoms with E-state index in [0.717, 1.165) is 0 Å². The summed E-state index contributed by atoms with van der Waals surface area (Å²) in [5, 5.41) is 15.3. The molecule has 2 aromatic rings. The third-order valence-electron chi connectivity index (χ3n) is 2.34. The van der Waals surface area contributed by atoms with Crippen molar-refractivity contribution >= 4 is 33.4 Å². The number of rotatable bonds is 3. The fraction of sp³-hybridized carbons (Fsp3) is 0.200. The quantitative estimate of drug-likeness (QED) is 0.764. The summed E-state index contributed by atoms with van der Waals surface area (Å²) in [6, 6.07) is 0. The average molecular weight is 327 g/mol. The number of carbonyl (C=O) groups excluding carboxylic acids is 2. The van der Waals surface area contributed by atoms with E-state index in [9.17, 15) is 9.59 Å². The molecule has 0 radical (unpaired) electrons. The minimum absolute atomic E-state index is 0.147. The molecule has 2 amide bonds. The van der Waals surface area contributed by atoms with Crippen molar-refractivity contribution in [3.05, 3.63) is 28.3 Å². The van der Waals surface area contributed by atoms with E-state index in [2.05, 4.69) is 41.9 Å². The van der Waals surface area contributed by atoms with Gasteiger partial charge in [-0.25, -0.2) is 0 Å². The van der Waals surface area contributed by atoms with Gasteiger partial charge in [0.1, 0.15) is 5.69 Å². The Kier molecular flexibility index (Phi) is 3.65. The van der Waals surface area contributed by atoms with E-state index >= 15 is 0 Å². The van der Waals surface area contributed by atoms with Gasteiger partial charge in [-0.05, 0) is 15.9 Å². The van der Waals surface area contributed by atoms with Crippen LogP contribution in [0, 0.1) is 0 Å². The van der Waals surface area contributed by atoms with E-state index in [1.165, 1.54) is 17.9 Å². The van der Waals surface area contributed by atoms with Gasteiger partial charge in [-0.15, -0.1) is 0 Å². The largest absolute Gasteiger partial charge is 0.354 e. The standard InChI is InChI=1S/C10H11BrN6O2/c1-12-9(18)8-6(4-17(2)16-8)14-10(19)7-5(11)3-13-15-7/h3-4H,1-2H3,(H,12,18)(H,13,15)(H,14,19). The second-order valence-electron chi connectivity index (χ2n) is 3.69. The van der Waals surface area contributed by atoms with E-state index in [0.29, 0.717) is 10.2 Å². The van der Waals surface area contributed by atoms with E-state index < -0.39 is 5.91 Å². The Labute approximate surface area is 116 Å². The number of amides is 2. The first-order chi connectivity index (χ1) is 9.02. The van der Waals surface area contributed by atoms with Crippen LogP contribution in [0.5, 0.6) is 0 Å². The van der Waals surface area contributed by atoms with Crippen molar-refractivity contribution < 1.29 is 9.59 Å². The predicted molar refractivity (Wildman–Crippen MR) is 70.8 cm³/mol. The van der Waals surface area contributed by atoms with Crippen LogP contribution >= 0.6 is 15.9 Å². The van der Waals surface area contributed by atoms with Gasteiger partial charge in [0.2, 0.25) is 0 Å². The number of hydrogen-bond donors (Lipinski definition) is 3. The highest BCUT2D eigenvalue weighted by Crippen LogP contribution is 2.17. The summed E-state index contributed by atoms with van der Waals surface area (Å²) in [5.74, 6) is -0.790. The molecule has 0 saturated carbocycles. The summed E-state index contributed by atoms with van der Waals surface area (Å²) in [6.07, 6.45) is 3.02. The molecule has 9 heteroatoms. The first-order valence-electron chi connectivity index (χ1n) is 5.29. The van der Waals surface area contributed by atoms with Gasteiger partial charge in [-0.3, -0.25) is 19.4 Å². The Hall–Kier alpha value is -2.16. The van der Waals surface area contributed by atoms with Crippen LogP contribution in [0.1, 0.15) is 21.0 Å². The van der Waals surface area contributed by atoms with Gasteiger partial charge in [0.25, 0.3) is 11.8 Å². The van der Waals surface area contributed by atoms with Crippen molar-refractivity contribution in [2.75, 3.05) is 12.4 Å². The van der Waals surface area contributed by atoms with E-state index in [1.807, 2.05) is 0 Å². The number of carbonyl (C=O) groups is 2. The van der Waals surface area contributed by atoms with Gasteiger partial charge in [-0.2, -0.15) is 10.2 Å². The number of aryl methyl sites for hydroxylation is 1. The first-order valence-corrected chi connectivity index (χ1v) is 6.08. The third-order valence-corrected chi connectivity index (χ3v) is 2.94. The monoisotopic (exact) mass is 326 g/mol. The van der Waals surface area contributed by atoms with E-state index in [-0.39, 0.29) is 17.3 Å². The lowest BCUT2D eigenvalue weighted by molar-refractivity contribution is 0.0958. The summed E-state index contributed by atoms with van der Waals surface area (Å²) in [6.45, 7) is 0. The summed E-state index contributed by atoms with van der Waals surface area (Å²) in [7, 11) is 3.16. The summed E-state index contributed by atoms with van der Waals surface area (Å²) < 4.78 is 1.98. The number of nitrogens with zero attached hydrogens (tertiary/aromatic N) is 3. The summed E-state index contributed by atoms with van der Waals surface area (Å²) in [4.78, 5) is 23.6. The Balaban J connectivity index is 2.27. The summed E-state index contributed by atoms with van der Waals surface area (Å²) in [5.41, 5.74) is 0.744. The Morgan fingerprint density at radius 3 is 2.74 bits per heavy atom. The molecular formula is C10H11BrN6O2. The van der Waals surface area contributed by atoms with E-state index in [1.54, 1.807) is 13.2 Å². The van der Waals surface area contributed by atoms with Gasteiger partial charge in [0, 0.05) is 20.3 Å². The highest BCUT2D eigenvalue weighted by molar-refractivity contribution is 9.10. The Morgan fingerprint density at radius 2 is 2.16 bits per heavy atom. The van der Waals surface area contributed by atoms with Gasteiger partial charge >= 0.3 is 0 Å². The van der Waals surface area contributed by atoms with Crippen LogP contribution in [0.3, 0.4) is 0 Å². The van der Waals surface area contributed by atoms with Crippen molar-refractivity contribution in [1.29, 1.82) is 0 Å². The van der Waals surface area contributed by atoms with Gasteiger partial charge in [0.05, 0.1) is 16.4 Å². The SMILES string of the molecule is CNC(=O)c1nn(C)cc1NC(=O)c1[nH]ncc1Br. The van der Waals surface area contributed by atoms with Gasteiger partial charge in [-0.1, -0.05) is 0 Å². The smallest absolute Gasteiger partial charge is 0.274 e. The molecule has 19 heavy (non-hydrogen) atoms. The molecule has 3 N–H and O–H groups in total. The van der Waals surface area contributed by atoms with Crippen LogP contribution in [0.25, 0.3) is 0 Å². The second kappa shape index (κ2) is 5.22. The van der Waals surface area contributed by atoms with Crippen LogP contribution in [0.2, 0.25) is 0 Å². The molecule has 100 valence electrons. The zero-order valence-electron chi connectivity index (χ0n) is 10.2. The first kappa shape index (κ1) is 13.3. The molecule has 0 aliphatic rings. The molecule has 0 aliphatic carbocycles. The molecule has 0 aromatic carbocycles. The van der Waals surface area contributed by atoms with Crippen LogP contribution in [-0.2, 0) is 7.05 Å². The molecule has 0 unspecified atom stereocenters. The lowest BCUT2D eigenvalue weighted by Crippen LogP contribution is -2.21. The number of H-pyrrole nitrogens is 1. The lowest BCUT2D eigenvalue weighted by atomic mass is 10.3. The van der Waals surface area contributed by atoms with Crippen LogP contribution in [0.4, 0.5) is 5.69 Å². The maximum Gasteiger partial charge on any atom is 0.274 e. The van der Waals surface area contributed by atoms with Crippen molar-refractivity contribution in [2.45, 2.75) is 0 Å². The number of aromatic nitrogens is 4. The van der Waals surface area contributed by atoms with Gasteiger partial charge in [0.15, 0.2) is 5.69 Å². The molecule has 0 bridgehead atoms. The Bertz CT molecular complexity index is 632. The van der Waals surface area contributed by atoms with Crippen LogP contribution < -0.4 is 10.6 Å². The number of hydrogen-bond acceptors (Lipinski definition) is 4. The minimum Gasteiger partial charge on any atom is -0.354 e. The lowest BCUT2D eigenvalue weighted by Gasteiger charge is -2.03. The maximum atomic E-state index is 12.0. The fourth-order valence-electron chi connectivity index (χ4n) is 1.48. The van der Waals surface area contributed by atoms with Crippen LogP contribution in [0.15, 0.2) is 16.9 Å². The number of anilines is 1. The predicted octanol–water partition coefficient (Wildman–Crippen LogP) is 0.518. The molecule has 2 rings (SSSR count). The molecule has 8 nitrogen and oxygen atoms in total. The van der Waals surface area contributed by atoms with Gasteiger partial charge < -0.3 is 10.6 Å². The molecule has 2 aromatic heterocycles. The van der Waals surface area contributed by atoms with Crippen molar-refractivity contribution in [2.24, 2.45) is 7.05 Å². The summed E-state index contributed by atoms with van der Waals surface area (Å²) >= 11 is 3.19. The van der Waals surface area contributed by atoms with Crippen LogP contribution in [-0.4, -0.2) is 38.8 Å². The third kappa shape index (κ3) is 2.65. The van der Waals surface area contributed by atoms with Crippen molar-refractivity contribution in [1.82, 2.24) is 25.3 Å². The number of aromatic amines is 1. The molecule has 2 heterocycles. The molecular weight excluding hydrogens is 316 g/mol. The normalized spacial score (nSPS) is 10.3. The zero-order valence-corrected chi connectivity index (χ0v) is 11.8. The second-order valence-corrected chi connectivity index (χ2v) is 4.55. The number of halogens is 1. The fourth-order valence-corrected chi connectivity index (χ4v) is 1.85. The molecule has 0 atom stereocenters. The average Bonchev–Trinajstić information content (AvgIpc) is 2.94. The maximum absolute atomic E-state index is 12.0. The van der Waals surface area contributed by atoms with Crippen molar-refractivity contribution in [3.63, 3.8) is 0 Å². The topological polar surface area (TPSA) is 105 Å².